The number of fused-ring (bicyclic) bond motifs is 1. The number of aromatic nitrogens is 3. The Morgan fingerprint density at radius 1 is 1.06 bits per heavy atom. The molecule has 0 saturated carbocycles. The number of hydroxylamine groups is 2. The predicted octanol–water partition coefficient (Wildman–Crippen LogP) is 3.56. The number of thioether (sulfide) groups is 1. The zero-order valence-corrected chi connectivity index (χ0v) is 20.0. The van der Waals surface area contributed by atoms with E-state index in [1.165, 1.54) is 29.3 Å². The van der Waals surface area contributed by atoms with E-state index >= 15 is 0 Å². The fourth-order valence-electron chi connectivity index (χ4n) is 3.40. The molecule has 0 bridgehead atoms. The number of aromatic amines is 1. The molecule has 1 N–H and O–H groups in total. The molecule has 188 valence electrons. The van der Waals surface area contributed by atoms with Crippen molar-refractivity contribution in [3.05, 3.63) is 48.0 Å². The van der Waals surface area contributed by atoms with Gasteiger partial charge < -0.3 is 9.57 Å². The van der Waals surface area contributed by atoms with Gasteiger partial charge in [-0.25, -0.2) is 4.79 Å². The number of carbonyl (C=O) groups excluding carboxylic acids is 1. The molecule has 4 rings (SSSR count). The molecule has 3 aromatic rings. The highest BCUT2D eigenvalue weighted by molar-refractivity contribution is 8.00. The third kappa shape index (κ3) is 7.65. The highest BCUT2D eigenvalue weighted by atomic mass is 32.2. The van der Waals surface area contributed by atoms with E-state index in [2.05, 4.69) is 20.3 Å². The molecule has 9 nitrogen and oxygen atoms in total. The molecule has 1 fully saturated rings. The Labute approximate surface area is 205 Å². The van der Waals surface area contributed by atoms with Gasteiger partial charge in [0.2, 0.25) is 0 Å². The Kier molecular flexibility index (Phi) is 8.26. The molecule has 0 amide bonds. The van der Waals surface area contributed by atoms with E-state index in [-0.39, 0.29) is 23.3 Å². The summed E-state index contributed by atoms with van der Waals surface area (Å²) in [5.41, 5.74) is -2.41. The van der Waals surface area contributed by atoms with Crippen molar-refractivity contribution in [2.45, 2.75) is 21.9 Å². The number of H-pyrrole nitrogens is 1. The van der Waals surface area contributed by atoms with Gasteiger partial charge in [0, 0.05) is 48.3 Å². The molecule has 0 radical (unpaired) electrons. The van der Waals surface area contributed by atoms with Crippen molar-refractivity contribution >= 4 is 39.8 Å². The molecule has 1 saturated heterocycles. The van der Waals surface area contributed by atoms with Crippen LogP contribution in [-0.2, 0) is 27.0 Å². The van der Waals surface area contributed by atoms with Crippen molar-refractivity contribution < 1.29 is 31.7 Å². The Morgan fingerprint density at radius 2 is 1.77 bits per heavy atom. The molecular formula is C21H22F3N5O4S2. The van der Waals surface area contributed by atoms with Gasteiger partial charge in [0.1, 0.15) is 17.6 Å². The van der Waals surface area contributed by atoms with Crippen LogP contribution in [0.1, 0.15) is 5.56 Å². The summed E-state index contributed by atoms with van der Waals surface area (Å²) in [6.45, 7) is 2.72. The highest BCUT2D eigenvalue weighted by Crippen LogP contribution is 2.36. The molecule has 2 aromatic carbocycles. The summed E-state index contributed by atoms with van der Waals surface area (Å²) in [6, 6.07) is 10.9. The minimum Gasteiger partial charge on any atom is -0.428 e. The third-order valence-electron chi connectivity index (χ3n) is 5.19. The first kappa shape index (κ1) is 25.4. The van der Waals surface area contributed by atoms with Gasteiger partial charge in [0.15, 0.2) is 0 Å². The number of hydrogen-bond donors (Lipinski definition) is 1. The first-order valence-corrected chi connectivity index (χ1v) is 12.7. The second-order valence-electron chi connectivity index (χ2n) is 7.62. The molecule has 1 aromatic heterocycles. The van der Waals surface area contributed by atoms with Crippen molar-refractivity contribution in [1.29, 1.82) is 0 Å². The van der Waals surface area contributed by atoms with Gasteiger partial charge in [0.05, 0.1) is 10.8 Å². The summed E-state index contributed by atoms with van der Waals surface area (Å²) in [5.74, 6) is 0.465. The van der Waals surface area contributed by atoms with Gasteiger partial charge in [-0.15, -0.1) is 5.06 Å². The van der Waals surface area contributed by atoms with E-state index in [1.54, 1.807) is 18.2 Å². The van der Waals surface area contributed by atoms with Crippen molar-refractivity contribution in [3.63, 3.8) is 0 Å². The molecule has 1 atom stereocenters. The molecule has 14 heteroatoms. The average molecular weight is 530 g/mol. The van der Waals surface area contributed by atoms with Crippen LogP contribution in [0.25, 0.3) is 11.0 Å². The van der Waals surface area contributed by atoms with Gasteiger partial charge in [0.25, 0.3) is 0 Å². The van der Waals surface area contributed by atoms with Crippen LogP contribution in [0.4, 0.5) is 18.0 Å². The standard InChI is InChI=1S/C21H22F3N5O4S2/c22-21(23,24)34-16-3-1-15(2-4-16)14-32-20(30)33-29-9-7-28(8-10-29)11-12-35(31)17-5-6-18-19(13-17)26-27-25-18/h1-6,13H,7-12,14H2,(H,25,26,27). The van der Waals surface area contributed by atoms with Crippen molar-refractivity contribution in [1.82, 2.24) is 25.4 Å². The molecule has 2 heterocycles. The van der Waals surface area contributed by atoms with Crippen LogP contribution in [0.15, 0.2) is 52.3 Å². The zero-order valence-electron chi connectivity index (χ0n) is 18.4. The number of carbonyl (C=O) groups is 1. The highest BCUT2D eigenvalue weighted by Gasteiger charge is 2.29. The van der Waals surface area contributed by atoms with Gasteiger partial charge in [-0.2, -0.15) is 28.6 Å². The summed E-state index contributed by atoms with van der Waals surface area (Å²) in [6.07, 6.45) is -0.878. The molecule has 1 unspecified atom stereocenters. The number of nitrogens with one attached hydrogen (secondary N) is 1. The summed E-state index contributed by atoms with van der Waals surface area (Å²) in [7, 11) is -1.17. The normalized spacial score (nSPS) is 16.3. The number of hydrogen-bond acceptors (Lipinski definition) is 9. The Bertz CT molecular complexity index is 1170. The minimum absolute atomic E-state index is 0.0570. The van der Waals surface area contributed by atoms with Gasteiger partial charge in [-0.3, -0.25) is 9.11 Å². The van der Waals surface area contributed by atoms with E-state index in [0.29, 0.717) is 54.5 Å². The van der Waals surface area contributed by atoms with Crippen LogP contribution in [0.5, 0.6) is 0 Å². The molecule has 0 aliphatic carbocycles. The SMILES string of the molecule is O=C(OCc1ccc(SC(F)(F)F)cc1)ON1CCN(CCS(=O)c2ccc3n[nH]nc3c2)CC1. The largest absolute Gasteiger partial charge is 0.528 e. The number of ether oxygens (including phenoxy) is 1. The second-order valence-corrected chi connectivity index (χ2v) is 10.3. The Morgan fingerprint density at radius 3 is 2.49 bits per heavy atom. The summed E-state index contributed by atoms with van der Waals surface area (Å²) in [4.78, 5) is 20.1. The molecule has 35 heavy (non-hydrogen) atoms. The van der Waals surface area contributed by atoms with Crippen LogP contribution in [-0.4, -0.2) is 79.7 Å². The zero-order chi connectivity index (χ0) is 24.8. The number of piperazine rings is 1. The first-order chi connectivity index (χ1) is 16.7. The summed E-state index contributed by atoms with van der Waals surface area (Å²) < 4.78 is 54.8. The Balaban J connectivity index is 1.14. The molecule has 1 aliphatic rings. The van der Waals surface area contributed by atoms with Gasteiger partial charge >= 0.3 is 11.7 Å². The Hall–Kier alpha value is -2.68. The molecular weight excluding hydrogens is 507 g/mol. The number of benzene rings is 2. The third-order valence-corrected chi connectivity index (χ3v) is 7.26. The lowest BCUT2D eigenvalue weighted by molar-refractivity contribution is -0.147. The van der Waals surface area contributed by atoms with Crippen molar-refractivity contribution in [3.8, 4) is 0 Å². The summed E-state index contributed by atoms with van der Waals surface area (Å²) in [5, 5.41) is 12.0. The lowest BCUT2D eigenvalue weighted by Crippen LogP contribution is -2.47. The van der Waals surface area contributed by atoms with Gasteiger partial charge in [-0.1, -0.05) is 12.1 Å². The average Bonchev–Trinajstić information content (AvgIpc) is 3.30. The van der Waals surface area contributed by atoms with Crippen LogP contribution in [0.2, 0.25) is 0 Å². The first-order valence-electron chi connectivity index (χ1n) is 10.6. The monoisotopic (exact) mass is 529 g/mol. The van der Waals surface area contributed by atoms with E-state index in [4.69, 9.17) is 9.57 Å². The number of alkyl halides is 3. The lowest BCUT2D eigenvalue weighted by atomic mass is 10.2. The van der Waals surface area contributed by atoms with Crippen molar-refractivity contribution in [2.24, 2.45) is 0 Å². The maximum absolute atomic E-state index is 12.6. The fourth-order valence-corrected chi connectivity index (χ4v) is 5.06. The maximum Gasteiger partial charge on any atom is 0.528 e. The number of halogens is 3. The van der Waals surface area contributed by atoms with Crippen LogP contribution < -0.4 is 0 Å². The maximum atomic E-state index is 12.6. The predicted molar refractivity (Wildman–Crippen MR) is 123 cm³/mol. The quantitative estimate of drug-likeness (QED) is 0.347. The van der Waals surface area contributed by atoms with Crippen LogP contribution in [0, 0.1) is 0 Å². The van der Waals surface area contributed by atoms with Crippen molar-refractivity contribution in [2.75, 3.05) is 38.5 Å². The number of rotatable bonds is 8. The fraction of sp³-hybridized carbons (Fsp3) is 0.381. The van der Waals surface area contributed by atoms with E-state index in [0.717, 1.165) is 5.52 Å². The number of nitrogens with zero attached hydrogens (tertiary/aromatic N) is 4. The topological polar surface area (TPSA) is 101 Å². The van der Waals surface area contributed by atoms with E-state index < -0.39 is 22.5 Å². The minimum atomic E-state index is -4.35. The molecule has 1 aliphatic heterocycles. The summed E-state index contributed by atoms with van der Waals surface area (Å²) >= 11 is -0.204. The van der Waals surface area contributed by atoms with E-state index in [9.17, 15) is 22.2 Å². The van der Waals surface area contributed by atoms with Gasteiger partial charge in [-0.05, 0) is 47.7 Å². The second kappa shape index (κ2) is 11.4. The lowest BCUT2D eigenvalue weighted by Gasteiger charge is -2.32. The van der Waals surface area contributed by atoms with Crippen LogP contribution >= 0.6 is 11.8 Å². The molecule has 0 spiro atoms. The van der Waals surface area contributed by atoms with Crippen LogP contribution in [0.3, 0.4) is 0 Å². The van der Waals surface area contributed by atoms with E-state index in [1.807, 2.05) is 0 Å². The smallest absolute Gasteiger partial charge is 0.428 e.